The van der Waals surface area contributed by atoms with Crippen LogP contribution in [0.15, 0.2) is 47.6 Å². The lowest BCUT2D eigenvalue weighted by Crippen LogP contribution is -1.79. The molecule has 0 atom stereocenters. The highest BCUT2D eigenvalue weighted by Crippen LogP contribution is 2.11. The molecule has 0 spiro atoms. The molecule has 0 heterocycles. The van der Waals surface area contributed by atoms with E-state index in [2.05, 4.69) is 50.3 Å². The summed E-state index contributed by atoms with van der Waals surface area (Å²) in [6.07, 6.45) is 15.2. The Morgan fingerprint density at radius 3 is 1.58 bits per heavy atom. The van der Waals surface area contributed by atoms with Gasteiger partial charge >= 0.3 is 0 Å². The predicted molar refractivity (Wildman–Crippen MR) is 55.0 cm³/mol. The van der Waals surface area contributed by atoms with Crippen LogP contribution in [0.4, 0.5) is 0 Å². The Hall–Kier alpha value is -1.04. The first-order valence-electron chi connectivity index (χ1n) is 4.61. The van der Waals surface area contributed by atoms with Crippen LogP contribution in [0.2, 0.25) is 0 Å². The summed E-state index contributed by atoms with van der Waals surface area (Å²) in [5.74, 6) is 0. The van der Waals surface area contributed by atoms with E-state index in [0.717, 1.165) is 12.8 Å². The predicted octanol–water partition coefficient (Wildman–Crippen LogP) is 3.79. The van der Waals surface area contributed by atoms with E-state index in [1.165, 1.54) is 11.1 Å². The minimum absolute atomic E-state index is 1.11. The maximum Gasteiger partial charge on any atom is -0.0307 e. The summed E-state index contributed by atoms with van der Waals surface area (Å²) >= 11 is 0. The summed E-state index contributed by atoms with van der Waals surface area (Å²) in [4.78, 5) is 0. The lowest BCUT2D eigenvalue weighted by molar-refractivity contribution is 1.12. The fraction of sp³-hybridized carbons (Fsp3) is 0.333. The van der Waals surface area contributed by atoms with E-state index in [0.29, 0.717) is 0 Å². The quantitative estimate of drug-likeness (QED) is 0.576. The Morgan fingerprint density at radius 2 is 1.25 bits per heavy atom. The maximum atomic E-state index is 2.21. The van der Waals surface area contributed by atoms with Crippen molar-refractivity contribution in [2.75, 3.05) is 0 Å². The van der Waals surface area contributed by atoms with Crippen LogP contribution in [0.5, 0.6) is 0 Å². The minimum Gasteiger partial charge on any atom is -0.0620 e. The molecule has 0 saturated heterocycles. The number of rotatable bonds is 2. The molecule has 1 aliphatic carbocycles. The SMILES string of the molecule is CCC1=C/C=C\C=C(CC)/C=C\1. The molecule has 0 nitrogen and oxygen atoms in total. The molecular weight excluding hydrogens is 144 g/mol. The molecule has 1 rings (SSSR count). The zero-order chi connectivity index (χ0) is 8.81. The van der Waals surface area contributed by atoms with Crippen LogP contribution >= 0.6 is 0 Å². The first-order valence-corrected chi connectivity index (χ1v) is 4.61. The van der Waals surface area contributed by atoms with Crippen LogP contribution in [-0.4, -0.2) is 0 Å². The Balaban J connectivity index is 2.79. The van der Waals surface area contributed by atoms with Crippen LogP contribution < -0.4 is 0 Å². The second-order valence-electron chi connectivity index (χ2n) is 2.91. The average molecular weight is 160 g/mol. The van der Waals surface area contributed by atoms with Gasteiger partial charge in [-0.15, -0.1) is 0 Å². The number of hydrogen-bond acceptors (Lipinski definition) is 0. The molecule has 0 aliphatic heterocycles. The van der Waals surface area contributed by atoms with Crippen molar-refractivity contribution >= 4 is 0 Å². The van der Waals surface area contributed by atoms with E-state index >= 15 is 0 Å². The molecule has 0 unspecified atom stereocenters. The molecule has 12 heavy (non-hydrogen) atoms. The molecule has 0 heteroatoms. The second kappa shape index (κ2) is 4.76. The van der Waals surface area contributed by atoms with E-state index < -0.39 is 0 Å². The fourth-order valence-corrected chi connectivity index (χ4v) is 1.15. The molecule has 0 aromatic rings. The van der Waals surface area contributed by atoms with E-state index in [4.69, 9.17) is 0 Å². The molecule has 1 aliphatic rings. The zero-order valence-electron chi connectivity index (χ0n) is 7.88. The van der Waals surface area contributed by atoms with Gasteiger partial charge in [-0.25, -0.2) is 0 Å². The molecular formula is C12H16. The van der Waals surface area contributed by atoms with Crippen molar-refractivity contribution in [2.45, 2.75) is 26.7 Å². The van der Waals surface area contributed by atoms with Gasteiger partial charge in [-0.1, -0.05) is 50.3 Å². The maximum absolute atomic E-state index is 2.21. The summed E-state index contributed by atoms with van der Waals surface area (Å²) in [6.45, 7) is 4.36. The third kappa shape index (κ3) is 2.54. The lowest BCUT2D eigenvalue weighted by Gasteiger charge is -2.00. The summed E-state index contributed by atoms with van der Waals surface area (Å²) < 4.78 is 0. The molecule has 0 aromatic carbocycles. The molecule has 0 radical (unpaired) electrons. The van der Waals surface area contributed by atoms with Crippen molar-refractivity contribution in [3.05, 3.63) is 47.6 Å². The van der Waals surface area contributed by atoms with Crippen LogP contribution in [-0.2, 0) is 0 Å². The molecule has 0 fully saturated rings. The summed E-state index contributed by atoms with van der Waals surface area (Å²) in [6, 6.07) is 0. The largest absolute Gasteiger partial charge is 0.0620 e. The molecule has 0 bridgehead atoms. The van der Waals surface area contributed by atoms with Crippen molar-refractivity contribution < 1.29 is 0 Å². The summed E-state index contributed by atoms with van der Waals surface area (Å²) in [5.41, 5.74) is 2.79. The number of allylic oxidation sites excluding steroid dienone is 8. The Morgan fingerprint density at radius 1 is 0.833 bits per heavy atom. The van der Waals surface area contributed by atoms with Crippen molar-refractivity contribution in [1.29, 1.82) is 0 Å². The van der Waals surface area contributed by atoms with Gasteiger partial charge in [-0.3, -0.25) is 0 Å². The zero-order valence-corrected chi connectivity index (χ0v) is 7.88. The molecule has 64 valence electrons. The van der Waals surface area contributed by atoms with Gasteiger partial charge in [0.25, 0.3) is 0 Å². The van der Waals surface area contributed by atoms with Gasteiger partial charge in [-0.2, -0.15) is 0 Å². The van der Waals surface area contributed by atoms with Gasteiger partial charge in [0.1, 0.15) is 0 Å². The molecule has 0 amide bonds. The Kier molecular flexibility index (Phi) is 3.59. The minimum atomic E-state index is 1.11. The Bertz CT molecular complexity index is 223. The highest BCUT2D eigenvalue weighted by molar-refractivity contribution is 5.35. The van der Waals surface area contributed by atoms with Gasteiger partial charge in [-0.05, 0) is 24.0 Å². The molecule has 0 N–H and O–H groups in total. The van der Waals surface area contributed by atoms with E-state index in [1.54, 1.807) is 0 Å². The monoisotopic (exact) mass is 160 g/mol. The normalized spacial score (nSPS) is 30.5. The smallest absolute Gasteiger partial charge is 0.0307 e. The standard InChI is InChI=1S/C12H16/c1-3-11-7-5-6-8-12(4-2)10-9-11/h5-10H,3-4H2,1-2H3/b6-5-,7-5?,8-6?,10-9-,11-7-,11-9?,12-8-,12-10?. The van der Waals surface area contributed by atoms with Gasteiger partial charge < -0.3 is 0 Å². The lowest BCUT2D eigenvalue weighted by atomic mass is 10.1. The van der Waals surface area contributed by atoms with Gasteiger partial charge in [0.2, 0.25) is 0 Å². The summed E-state index contributed by atoms with van der Waals surface area (Å²) in [5, 5.41) is 0. The first-order chi connectivity index (χ1) is 5.86. The van der Waals surface area contributed by atoms with Crippen molar-refractivity contribution in [3.63, 3.8) is 0 Å². The topological polar surface area (TPSA) is 0 Å². The van der Waals surface area contributed by atoms with Crippen LogP contribution in [0.25, 0.3) is 0 Å². The van der Waals surface area contributed by atoms with Crippen LogP contribution in [0, 0.1) is 0 Å². The van der Waals surface area contributed by atoms with Gasteiger partial charge in [0.05, 0.1) is 0 Å². The van der Waals surface area contributed by atoms with Crippen LogP contribution in [0.1, 0.15) is 26.7 Å². The van der Waals surface area contributed by atoms with Crippen molar-refractivity contribution in [3.8, 4) is 0 Å². The van der Waals surface area contributed by atoms with Gasteiger partial charge in [0, 0.05) is 0 Å². The van der Waals surface area contributed by atoms with Crippen LogP contribution in [0.3, 0.4) is 0 Å². The van der Waals surface area contributed by atoms with E-state index in [9.17, 15) is 0 Å². The van der Waals surface area contributed by atoms with Crippen molar-refractivity contribution in [2.24, 2.45) is 0 Å². The Labute approximate surface area is 75.0 Å². The third-order valence-corrected chi connectivity index (χ3v) is 2.06. The summed E-state index contributed by atoms with van der Waals surface area (Å²) in [7, 11) is 0. The average Bonchev–Trinajstić information content (AvgIpc) is 2.05. The highest BCUT2D eigenvalue weighted by Gasteiger charge is 1.90. The van der Waals surface area contributed by atoms with Gasteiger partial charge in [0.15, 0.2) is 0 Å². The third-order valence-electron chi connectivity index (χ3n) is 2.06. The van der Waals surface area contributed by atoms with Crippen molar-refractivity contribution in [1.82, 2.24) is 0 Å². The van der Waals surface area contributed by atoms with E-state index in [1.807, 2.05) is 0 Å². The number of hydrogen-bond donors (Lipinski definition) is 0. The van der Waals surface area contributed by atoms with E-state index in [-0.39, 0.29) is 0 Å². The molecule has 0 aromatic heterocycles. The fourth-order valence-electron chi connectivity index (χ4n) is 1.15. The first kappa shape index (κ1) is 9.05. The molecule has 0 saturated carbocycles. The highest BCUT2D eigenvalue weighted by atomic mass is 14.0. The second-order valence-corrected chi connectivity index (χ2v) is 2.91.